The molecule has 1 saturated carbocycles. The van der Waals surface area contributed by atoms with E-state index >= 15 is 0 Å². The average molecular weight is 632 g/mol. The Balaban J connectivity index is 1.06. The summed E-state index contributed by atoms with van der Waals surface area (Å²) >= 11 is 2.94. The van der Waals surface area contributed by atoms with Crippen molar-refractivity contribution >= 4 is 33.8 Å². The van der Waals surface area contributed by atoms with Crippen LogP contribution < -0.4 is 9.64 Å². The Bertz CT molecular complexity index is 1610. The Hall–Kier alpha value is -3.42. The molecule has 3 aromatic heterocycles. The average Bonchev–Trinajstić information content (AvgIpc) is 3.31. The van der Waals surface area contributed by atoms with E-state index in [2.05, 4.69) is 14.8 Å². The number of para-hydroxylation sites is 1. The van der Waals surface area contributed by atoms with Crippen molar-refractivity contribution in [3.63, 3.8) is 0 Å². The SMILES string of the molecule is COC(=O)c1cc(-c2csc(N3[C@@H]4CC[C@H]3C[C@@H](OCc3c(-c5ccccc5OC(F)(F)F)noc3C3CC3)C4)n2)cs1. The molecule has 1 aromatic carbocycles. The zero-order chi connectivity index (χ0) is 29.7. The van der Waals surface area contributed by atoms with Gasteiger partial charge in [0.1, 0.15) is 22.1 Å². The van der Waals surface area contributed by atoms with Crippen molar-refractivity contribution in [3.05, 3.63) is 57.3 Å². The van der Waals surface area contributed by atoms with Gasteiger partial charge in [-0.3, -0.25) is 0 Å². The zero-order valence-electron chi connectivity index (χ0n) is 23.1. The van der Waals surface area contributed by atoms with Crippen LogP contribution in [0.15, 0.2) is 45.6 Å². The second-order valence-corrected chi connectivity index (χ2v) is 12.8. The van der Waals surface area contributed by atoms with E-state index in [1.807, 2.05) is 16.8 Å². The van der Waals surface area contributed by atoms with Crippen molar-refractivity contribution in [1.29, 1.82) is 0 Å². The predicted octanol–water partition coefficient (Wildman–Crippen LogP) is 7.81. The van der Waals surface area contributed by atoms with Crippen molar-refractivity contribution in [2.24, 2.45) is 0 Å². The predicted molar refractivity (Wildman–Crippen MR) is 154 cm³/mol. The lowest BCUT2D eigenvalue weighted by Gasteiger charge is -2.38. The number of alkyl halides is 3. The molecule has 2 bridgehead atoms. The van der Waals surface area contributed by atoms with Crippen LogP contribution in [0.1, 0.15) is 65.4 Å². The lowest BCUT2D eigenvalue weighted by Crippen LogP contribution is -2.45. The first-order valence-electron chi connectivity index (χ1n) is 14.1. The van der Waals surface area contributed by atoms with E-state index in [4.69, 9.17) is 19.0 Å². The summed E-state index contributed by atoms with van der Waals surface area (Å²) in [5.41, 5.74) is 3.00. The van der Waals surface area contributed by atoms with Gasteiger partial charge in [0, 0.05) is 45.5 Å². The number of thiophene rings is 1. The first-order valence-corrected chi connectivity index (χ1v) is 15.9. The molecule has 0 amide bonds. The van der Waals surface area contributed by atoms with Gasteiger partial charge in [0.05, 0.1) is 25.5 Å². The number of esters is 1. The highest BCUT2D eigenvalue weighted by molar-refractivity contribution is 7.14. The molecule has 0 N–H and O–H groups in total. The molecule has 2 aliphatic heterocycles. The maximum atomic E-state index is 13.1. The second kappa shape index (κ2) is 11.3. The van der Waals surface area contributed by atoms with Crippen molar-refractivity contribution in [2.75, 3.05) is 12.0 Å². The molecule has 8 nitrogen and oxygen atoms in total. The number of carbonyl (C=O) groups is 1. The summed E-state index contributed by atoms with van der Waals surface area (Å²) < 4.78 is 60.7. The summed E-state index contributed by atoms with van der Waals surface area (Å²) in [6.45, 7) is 0.206. The number of piperidine rings is 1. The van der Waals surface area contributed by atoms with Crippen LogP contribution in [0, 0.1) is 0 Å². The van der Waals surface area contributed by atoms with Crippen LogP contribution in [0.4, 0.5) is 18.3 Å². The van der Waals surface area contributed by atoms with Crippen LogP contribution in [0.25, 0.3) is 22.5 Å². The van der Waals surface area contributed by atoms with Gasteiger partial charge in [-0.15, -0.1) is 35.8 Å². The van der Waals surface area contributed by atoms with Gasteiger partial charge in [-0.1, -0.05) is 17.3 Å². The third-order valence-corrected chi connectivity index (χ3v) is 10.0. The molecule has 1 aliphatic carbocycles. The Morgan fingerprint density at radius 1 is 1.09 bits per heavy atom. The number of methoxy groups -OCH3 is 1. The van der Waals surface area contributed by atoms with Crippen LogP contribution >= 0.6 is 22.7 Å². The molecular formula is C30H28F3N3O5S2. The fourth-order valence-electron chi connectivity index (χ4n) is 6.19. The number of carbonyl (C=O) groups excluding carboxylic acids is 1. The first kappa shape index (κ1) is 28.4. The number of aromatic nitrogens is 2. The number of nitrogens with zero attached hydrogens (tertiary/aromatic N) is 3. The molecular weight excluding hydrogens is 603 g/mol. The van der Waals surface area contributed by atoms with E-state index in [9.17, 15) is 18.0 Å². The standard InChI is InChI=1S/C30H28F3N3O5S2/c1-38-28(37)25-10-17(14-42-25)23-15-43-29(34-23)36-18-8-9-19(36)12-20(11-18)39-13-22-26(35-41-27(22)16-6-7-16)21-4-2-3-5-24(21)40-30(31,32)33/h2-5,10,14-16,18-20H,6-9,11-13H2,1H3/t18-,19+,20+. The van der Waals surface area contributed by atoms with Crippen LogP contribution in [-0.4, -0.2) is 47.8 Å². The smallest absolute Gasteiger partial charge is 0.465 e. The van der Waals surface area contributed by atoms with Crippen molar-refractivity contribution < 1.29 is 36.7 Å². The fourth-order valence-corrected chi connectivity index (χ4v) is 7.98. The summed E-state index contributed by atoms with van der Waals surface area (Å²) in [6, 6.07) is 8.37. The number of fused-ring (bicyclic) bond motifs is 2. The molecule has 226 valence electrons. The normalized spacial score (nSPS) is 21.8. The lowest BCUT2D eigenvalue weighted by atomic mass is 10.00. The summed E-state index contributed by atoms with van der Waals surface area (Å²) in [7, 11) is 1.37. The first-order chi connectivity index (χ1) is 20.8. The summed E-state index contributed by atoms with van der Waals surface area (Å²) in [4.78, 5) is 19.7. The molecule has 4 aromatic rings. The van der Waals surface area contributed by atoms with E-state index in [0.29, 0.717) is 21.9 Å². The van der Waals surface area contributed by atoms with Crippen molar-refractivity contribution in [1.82, 2.24) is 10.1 Å². The molecule has 3 aliphatic rings. The van der Waals surface area contributed by atoms with Gasteiger partial charge in [-0.05, 0) is 56.7 Å². The molecule has 13 heteroatoms. The maximum absolute atomic E-state index is 13.1. The Kier molecular flexibility index (Phi) is 7.42. The molecule has 3 atom stereocenters. The summed E-state index contributed by atoms with van der Waals surface area (Å²) in [5.74, 6) is 0.231. The number of rotatable bonds is 9. The molecule has 7 rings (SSSR count). The van der Waals surface area contributed by atoms with Gasteiger partial charge in [0.2, 0.25) is 0 Å². The second-order valence-electron chi connectivity index (χ2n) is 11.1. The van der Waals surface area contributed by atoms with E-state index < -0.39 is 6.36 Å². The van der Waals surface area contributed by atoms with Gasteiger partial charge < -0.3 is 23.6 Å². The van der Waals surface area contributed by atoms with Crippen LogP contribution in [0.5, 0.6) is 5.75 Å². The highest BCUT2D eigenvalue weighted by Gasteiger charge is 2.43. The molecule has 2 saturated heterocycles. The minimum Gasteiger partial charge on any atom is -0.465 e. The van der Waals surface area contributed by atoms with Gasteiger partial charge >= 0.3 is 12.3 Å². The van der Waals surface area contributed by atoms with Gasteiger partial charge in [0.15, 0.2) is 5.13 Å². The Morgan fingerprint density at radius 2 is 1.86 bits per heavy atom. The molecule has 3 fully saturated rings. The van der Waals surface area contributed by atoms with E-state index in [1.54, 1.807) is 23.5 Å². The fraction of sp³-hybridized carbons (Fsp3) is 0.433. The number of thiazole rings is 1. The highest BCUT2D eigenvalue weighted by atomic mass is 32.1. The molecule has 5 heterocycles. The summed E-state index contributed by atoms with van der Waals surface area (Å²) in [6.07, 6.45) is 0.802. The monoisotopic (exact) mass is 631 g/mol. The third kappa shape index (κ3) is 5.77. The van der Waals surface area contributed by atoms with Crippen molar-refractivity contribution in [3.8, 4) is 28.3 Å². The van der Waals surface area contributed by atoms with Gasteiger partial charge in [0.25, 0.3) is 0 Å². The Morgan fingerprint density at radius 3 is 2.58 bits per heavy atom. The molecule has 0 radical (unpaired) electrons. The minimum atomic E-state index is -4.82. The van der Waals surface area contributed by atoms with Crippen LogP contribution in [0.3, 0.4) is 0 Å². The largest absolute Gasteiger partial charge is 0.573 e. The zero-order valence-corrected chi connectivity index (χ0v) is 24.8. The Labute approximate surface area is 253 Å². The maximum Gasteiger partial charge on any atom is 0.573 e. The third-order valence-electron chi connectivity index (χ3n) is 8.28. The molecule has 43 heavy (non-hydrogen) atoms. The van der Waals surface area contributed by atoms with Crippen LogP contribution in [-0.2, 0) is 16.1 Å². The summed E-state index contributed by atoms with van der Waals surface area (Å²) in [5, 5.41) is 9.10. The van der Waals surface area contributed by atoms with Crippen LogP contribution in [0.2, 0.25) is 0 Å². The number of hydrogen-bond donors (Lipinski definition) is 0. The van der Waals surface area contributed by atoms with Gasteiger partial charge in [-0.2, -0.15) is 0 Å². The highest BCUT2D eigenvalue weighted by Crippen LogP contribution is 2.47. The van der Waals surface area contributed by atoms with E-state index in [0.717, 1.165) is 54.9 Å². The number of benzene rings is 1. The molecule has 0 spiro atoms. The topological polar surface area (TPSA) is 86.9 Å². The number of ether oxygens (including phenoxy) is 3. The number of hydrogen-bond acceptors (Lipinski definition) is 10. The molecule has 0 unspecified atom stereocenters. The quantitative estimate of drug-likeness (QED) is 0.173. The number of halogens is 3. The minimum absolute atomic E-state index is 0.0101. The van der Waals surface area contributed by atoms with E-state index in [-0.39, 0.29) is 48.0 Å². The van der Waals surface area contributed by atoms with Crippen molar-refractivity contribution in [2.45, 2.75) is 75.6 Å². The number of anilines is 1. The van der Waals surface area contributed by atoms with Gasteiger partial charge in [-0.25, -0.2) is 9.78 Å². The lowest BCUT2D eigenvalue weighted by molar-refractivity contribution is -0.274. The van der Waals surface area contributed by atoms with E-state index in [1.165, 1.54) is 30.6 Å².